The predicted octanol–water partition coefficient (Wildman–Crippen LogP) is 4.52. The minimum Gasteiger partial charge on any atom is -0.496 e. The van der Waals surface area contributed by atoms with Crippen molar-refractivity contribution in [2.75, 3.05) is 12.4 Å². The van der Waals surface area contributed by atoms with Crippen molar-refractivity contribution in [3.63, 3.8) is 0 Å². The lowest BCUT2D eigenvalue weighted by molar-refractivity contribution is 0.411. The Morgan fingerprint density at radius 3 is 2.79 bits per heavy atom. The van der Waals surface area contributed by atoms with Gasteiger partial charge in [-0.15, -0.1) is 0 Å². The molecule has 96 valence electrons. The first-order valence-corrected chi connectivity index (χ1v) is 7.13. The Hall–Kier alpha value is -2.00. The molecule has 3 heteroatoms. The summed E-state index contributed by atoms with van der Waals surface area (Å²) in [5.41, 5.74) is 2.35. The van der Waals surface area contributed by atoms with Crippen LogP contribution >= 0.6 is 11.3 Å². The zero-order chi connectivity index (χ0) is 13.1. The number of thiophene rings is 1. The molecule has 19 heavy (non-hydrogen) atoms. The lowest BCUT2D eigenvalue weighted by atomic mass is 10.0. The maximum Gasteiger partial charge on any atom is 0.124 e. The largest absolute Gasteiger partial charge is 0.496 e. The van der Waals surface area contributed by atoms with Gasteiger partial charge in [-0.25, -0.2) is 0 Å². The average Bonchev–Trinajstić information content (AvgIpc) is 2.97. The molecule has 0 amide bonds. The molecule has 0 spiro atoms. The number of anilines is 1. The van der Waals surface area contributed by atoms with Crippen molar-refractivity contribution in [3.05, 3.63) is 58.8 Å². The van der Waals surface area contributed by atoms with Crippen LogP contribution in [0.5, 0.6) is 5.75 Å². The summed E-state index contributed by atoms with van der Waals surface area (Å²) in [5.74, 6) is 0.932. The highest BCUT2D eigenvalue weighted by Gasteiger charge is 2.07. The van der Waals surface area contributed by atoms with E-state index in [9.17, 15) is 0 Å². The van der Waals surface area contributed by atoms with Gasteiger partial charge in [-0.05, 0) is 28.3 Å². The van der Waals surface area contributed by atoms with E-state index in [0.29, 0.717) is 0 Å². The molecule has 1 N–H and O–H groups in total. The van der Waals surface area contributed by atoms with Crippen molar-refractivity contribution >= 4 is 27.8 Å². The maximum absolute atomic E-state index is 5.49. The molecule has 0 bridgehead atoms. The van der Waals surface area contributed by atoms with Crippen molar-refractivity contribution < 1.29 is 4.74 Å². The number of benzene rings is 2. The zero-order valence-electron chi connectivity index (χ0n) is 10.7. The van der Waals surface area contributed by atoms with Gasteiger partial charge < -0.3 is 10.1 Å². The Kier molecular flexibility index (Phi) is 3.38. The molecule has 0 unspecified atom stereocenters. The van der Waals surface area contributed by atoms with Crippen LogP contribution in [0.2, 0.25) is 0 Å². The normalized spacial score (nSPS) is 10.6. The van der Waals surface area contributed by atoms with Crippen LogP contribution in [0.4, 0.5) is 5.69 Å². The Morgan fingerprint density at radius 1 is 1.11 bits per heavy atom. The third kappa shape index (κ3) is 2.42. The van der Waals surface area contributed by atoms with Gasteiger partial charge in [0.15, 0.2) is 0 Å². The Balaban J connectivity index is 1.99. The number of methoxy groups -OCH3 is 1. The fourth-order valence-corrected chi connectivity index (χ4v) is 2.86. The molecule has 3 aromatic rings. The molecule has 2 nitrogen and oxygen atoms in total. The Labute approximate surface area is 116 Å². The molecule has 1 aromatic heterocycles. The van der Waals surface area contributed by atoms with Crippen LogP contribution in [0.25, 0.3) is 10.8 Å². The van der Waals surface area contributed by atoms with Gasteiger partial charge in [-0.3, -0.25) is 0 Å². The van der Waals surface area contributed by atoms with Crippen molar-refractivity contribution in [1.29, 1.82) is 0 Å². The van der Waals surface area contributed by atoms with Crippen LogP contribution in [-0.4, -0.2) is 7.11 Å². The van der Waals surface area contributed by atoms with E-state index in [2.05, 4.69) is 52.5 Å². The number of hydrogen-bond donors (Lipinski definition) is 1. The molecule has 0 atom stereocenters. The molecule has 0 fully saturated rings. The Morgan fingerprint density at radius 2 is 2.00 bits per heavy atom. The summed E-state index contributed by atoms with van der Waals surface area (Å²) in [5, 5.41) is 10.1. The molecule has 2 aromatic carbocycles. The summed E-state index contributed by atoms with van der Waals surface area (Å²) in [6.45, 7) is 0.765. The van der Waals surface area contributed by atoms with E-state index >= 15 is 0 Å². The summed E-state index contributed by atoms with van der Waals surface area (Å²) in [6.07, 6.45) is 0. The number of nitrogens with one attached hydrogen (secondary N) is 1. The minimum atomic E-state index is 0.765. The second-order valence-electron chi connectivity index (χ2n) is 4.33. The summed E-state index contributed by atoms with van der Waals surface area (Å²) in [6, 6.07) is 14.6. The lowest BCUT2D eigenvalue weighted by Gasteiger charge is -2.13. The van der Waals surface area contributed by atoms with E-state index < -0.39 is 0 Å². The van der Waals surface area contributed by atoms with Crippen LogP contribution in [0.15, 0.2) is 53.2 Å². The molecule has 0 saturated carbocycles. The fourth-order valence-electron chi connectivity index (χ4n) is 2.25. The zero-order valence-corrected chi connectivity index (χ0v) is 11.5. The van der Waals surface area contributed by atoms with Crippen molar-refractivity contribution in [2.45, 2.75) is 6.54 Å². The molecule has 0 aliphatic rings. The van der Waals surface area contributed by atoms with Gasteiger partial charge in [0.1, 0.15) is 5.75 Å². The molecular weight excluding hydrogens is 254 g/mol. The first-order valence-electron chi connectivity index (χ1n) is 6.19. The highest BCUT2D eigenvalue weighted by molar-refractivity contribution is 7.08. The topological polar surface area (TPSA) is 21.3 Å². The molecule has 3 rings (SSSR count). The highest BCUT2D eigenvalue weighted by Crippen LogP contribution is 2.28. The summed E-state index contributed by atoms with van der Waals surface area (Å²) in [4.78, 5) is 0. The van der Waals surface area contributed by atoms with E-state index in [0.717, 1.165) is 18.0 Å². The van der Waals surface area contributed by atoms with E-state index in [-0.39, 0.29) is 0 Å². The molecule has 0 aliphatic heterocycles. The second-order valence-corrected chi connectivity index (χ2v) is 5.11. The average molecular weight is 269 g/mol. The smallest absolute Gasteiger partial charge is 0.124 e. The third-order valence-corrected chi connectivity index (χ3v) is 3.89. The molecule has 0 aliphatic carbocycles. The first-order chi connectivity index (χ1) is 9.38. The SMILES string of the molecule is COc1ccc2ccccc2c1CNc1ccsc1. The monoisotopic (exact) mass is 269 g/mol. The highest BCUT2D eigenvalue weighted by atomic mass is 32.1. The summed E-state index contributed by atoms with van der Waals surface area (Å²) in [7, 11) is 1.72. The number of hydrogen-bond acceptors (Lipinski definition) is 3. The van der Waals surface area contributed by atoms with Gasteiger partial charge >= 0.3 is 0 Å². The van der Waals surface area contributed by atoms with Gasteiger partial charge in [-0.2, -0.15) is 11.3 Å². The van der Waals surface area contributed by atoms with Gasteiger partial charge in [0.05, 0.1) is 7.11 Å². The number of ether oxygens (including phenoxy) is 1. The van der Waals surface area contributed by atoms with Gasteiger partial charge in [0.2, 0.25) is 0 Å². The van der Waals surface area contributed by atoms with Crippen molar-refractivity contribution in [1.82, 2.24) is 0 Å². The van der Waals surface area contributed by atoms with Crippen LogP contribution in [0.3, 0.4) is 0 Å². The van der Waals surface area contributed by atoms with Crippen LogP contribution in [0, 0.1) is 0 Å². The second kappa shape index (κ2) is 5.33. The van der Waals surface area contributed by atoms with Gasteiger partial charge in [0, 0.05) is 23.2 Å². The van der Waals surface area contributed by atoms with E-state index in [4.69, 9.17) is 4.74 Å². The van der Waals surface area contributed by atoms with Crippen LogP contribution < -0.4 is 10.1 Å². The number of fused-ring (bicyclic) bond motifs is 1. The molecule has 1 heterocycles. The quantitative estimate of drug-likeness (QED) is 0.751. The van der Waals surface area contributed by atoms with Gasteiger partial charge in [-0.1, -0.05) is 30.3 Å². The van der Waals surface area contributed by atoms with Crippen LogP contribution in [-0.2, 0) is 6.54 Å². The first kappa shape index (κ1) is 12.1. The molecular formula is C16H15NOS. The number of rotatable bonds is 4. The maximum atomic E-state index is 5.49. The van der Waals surface area contributed by atoms with Crippen molar-refractivity contribution in [2.24, 2.45) is 0 Å². The molecule has 0 saturated heterocycles. The lowest BCUT2D eigenvalue weighted by Crippen LogP contribution is -2.01. The predicted molar refractivity (Wildman–Crippen MR) is 82.1 cm³/mol. The van der Waals surface area contributed by atoms with E-state index in [1.54, 1.807) is 18.4 Å². The summed E-state index contributed by atoms with van der Waals surface area (Å²) < 4.78 is 5.49. The standard InChI is InChI=1S/C16H15NOS/c1-18-16-7-6-12-4-2-3-5-14(12)15(16)10-17-13-8-9-19-11-13/h2-9,11,17H,10H2,1H3. The molecule has 0 radical (unpaired) electrons. The Bertz CT molecular complexity index is 676. The minimum absolute atomic E-state index is 0.765. The van der Waals surface area contributed by atoms with Crippen molar-refractivity contribution in [3.8, 4) is 5.75 Å². The van der Waals surface area contributed by atoms with Gasteiger partial charge in [0.25, 0.3) is 0 Å². The van der Waals surface area contributed by atoms with Crippen LogP contribution in [0.1, 0.15) is 5.56 Å². The third-order valence-electron chi connectivity index (χ3n) is 3.21. The van der Waals surface area contributed by atoms with E-state index in [1.807, 2.05) is 6.07 Å². The fraction of sp³-hybridized carbons (Fsp3) is 0.125. The van der Waals surface area contributed by atoms with E-state index in [1.165, 1.54) is 16.3 Å². The summed E-state index contributed by atoms with van der Waals surface area (Å²) >= 11 is 1.69.